The van der Waals surface area contributed by atoms with E-state index in [1.165, 1.54) is 11.3 Å². The van der Waals surface area contributed by atoms with Gasteiger partial charge in [-0.05, 0) is 37.6 Å². The summed E-state index contributed by atoms with van der Waals surface area (Å²) in [4.78, 5) is 13.3. The summed E-state index contributed by atoms with van der Waals surface area (Å²) in [5.74, 6) is -0.106. The number of phenolic OH excluding ortho intramolecular Hbond substituents is 1. The summed E-state index contributed by atoms with van der Waals surface area (Å²) in [6.07, 6.45) is 0.605. The maximum absolute atomic E-state index is 12.2. The number of carbonyl (C=O) groups is 1. The van der Waals surface area contributed by atoms with Crippen LogP contribution in [-0.4, -0.2) is 22.8 Å². The van der Waals surface area contributed by atoms with Gasteiger partial charge in [-0.15, -0.1) is 11.3 Å². The van der Waals surface area contributed by atoms with E-state index < -0.39 is 6.04 Å². The van der Waals surface area contributed by atoms with E-state index in [2.05, 4.69) is 21.4 Å². The van der Waals surface area contributed by atoms with E-state index in [9.17, 15) is 9.90 Å². The number of hydrazone groups is 1. The fourth-order valence-corrected chi connectivity index (χ4v) is 3.61. The molecule has 1 aromatic carbocycles. The van der Waals surface area contributed by atoms with Gasteiger partial charge in [-0.1, -0.05) is 23.7 Å². The van der Waals surface area contributed by atoms with Crippen LogP contribution in [0.4, 0.5) is 0 Å². The van der Waals surface area contributed by atoms with E-state index in [0.29, 0.717) is 17.7 Å². The van der Waals surface area contributed by atoms with Gasteiger partial charge in [0.2, 0.25) is 0 Å². The summed E-state index contributed by atoms with van der Waals surface area (Å²) in [6.45, 7) is 1.73. The molecule has 3 rings (SSSR count). The molecule has 0 spiro atoms. The normalized spacial score (nSPS) is 21.0. The molecule has 2 unspecified atom stereocenters. The Labute approximate surface area is 148 Å². The number of nitrogens with one attached hydrogen (secondary N) is 3. The lowest BCUT2D eigenvalue weighted by atomic mass is 10.1. The lowest BCUT2D eigenvalue weighted by molar-refractivity contribution is -0.122. The molecule has 1 amide bonds. The average molecular weight is 365 g/mol. The fraction of sp³-hybridized carbons (Fsp3) is 0.250. The van der Waals surface area contributed by atoms with Crippen LogP contribution in [0.3, 0.4) is 0 Å². The summed E-state index contributed by atoms with van der Waals surface area (Å²) in [5, 5.41) is 13.9. The Kier molecular flexibility index (Phi) is 5.15. The number of hydrogen-bond acceptors (Lipinski definition) is 6. The number of amides is 1. The Morgan fingerprint density at radius 1 is 1.33 bits per heavy atom. The number of halogens is 1. The second-order valence-corrected chi connectivity index (χ2v) is 7.21. The molecule has 2 atom stereocenters. The van der Waals surface area contributed by atoms with Gasteiger partial charge in [0.1, 0.15) is 11.8 Å². The Morgan fingerprint density at radius 2 is 2.12 bits per heavy atom. The highest BCUT2D eigenvalue weighted by Crippen LogP contribution is 2.31. The zero-order valence-electron chi connectivity index (χ0n) is 12.9. The third kappa shape index (κ3) is 3.76. The molecule has 0 radical (unpaired) electrons. The monoisotopic (exact) mass is 364 g/mol. The average Bonchev–Trinajstić information content (AvgIpc) is 3.21. The Hall–Kier alpha value is -1.93. The second-order valence-electron chi connectivity index (χ2n) is 5.46. The number of benzene rings is 1. The summed E-state index contributed by atoms with van der Waals surface area (Å²) < 4.78 is 0.725. The largest absolute Gasteiger partial charge is 0.507 e. The number of rotatable bonds is 4. The smallest absolute Gasteiger partial charge is 0.258 e. The van der Waals surface area contributed by atoms with Gasteiger partial charge in [-0.3, -0.25) is 4.79 Å². The van der Waals surface area contributed by atoms with Crippen molar-refractivity contribution in [1.82, 2.24) is 16.3 Å². The first-order valence-electron chi connectivity index (χ1n) is 7.43. The van der Waals surface area contributed by atoms with E-state index >= 15 is 0 Å². The molecule has 2 heterocycles. The maximum atomic E-state index is 12.2. The molecule has 1 aliphatic heterocycles. The molecule has 1 aromatic heterocycles. The lowest BCUT2D eigenvalue weighted by Gasteiger charge is -2.08. The van der Waals surface area contributed by atoms with E-state index in [4.69, 9.17) is 11.6 Å². The zero-order chi connectivity index (χ0) is 17.1. The maximum Gasteiger partial charge on any atom is 0.258 e. The van der Waals surface area contributed by atoms with Gasteiger partial charge >= 0.3 is 0 Å². The summed E-state index contributed by atoms with van der Waals surface area (Å²) in [5.41, 5.74) is 9.73. The minimum atomic E-state index is -0.392. The minimum Gasteiger partial charge on any atom is -0.507 e. The Balaban J connectivity index is 1.60. The van der Waals surface area contributed by atoms with Gasteiger partial charge in [0.05, 0.1) is 16.1 Å². The van der Waals surface area contributed by atoms with Crippen LogP contribution in [0.1, 0.15) is 29.8 Å². The number of carbonyl (C=O) groups excluding carboxylic acids is 1. The van der Waals surface area contributed by atoms with Crippen LogP contribution in [-0.2, 0) is 4.79 Å². The van der Waals surface area contributed by atoms with Crippen molar-refractivity contribution in [3.8, 4) is 5.75 Å². The van der Waals surface area contributed by atoms with E-state index in [1.54, 1.807) is 31.2 Å². The molecule has 1 aliphatic rings. The van der Waals surface area contributed by atoms with Gasteiger partial charge in [0.25, 0.3) is 5.91 Å². The minimum absolute atomic E-state index is 0.0431. The van der Waals surface area contributed by atoms with Crippen LogP contribution >= 0.6 is 22.9 Å². The standard InChI is InChI=1S/C16H17ClN4O2S/c1-9(10-4-2-3-5-13(10)22)18-21-16(23)12-8-11(19-20-12)14-6-7-15(17)24-14/h2-7,11-12,19-20,22H,8H2,1H3,(H,21,23)/b18-9+. The van der Waals surface area contributed by atoms with E-state index in [0.717, 1.165) is 9.21 Å². The summed E-state index contributed by atoms with van der Waals surface area (Å²) in [7, 11) is 0. The quantitative estimate of drug-likeness (QED) is 0.496. The number of para-hydroxylation sites is 1. The summed E-state index contributed by atoms with van der Waals surface area (Å²) in [6, 6.07) is 10.3. The van der Waals surface area contributed by atoms with E-state index in [1.807, 2.05) is 12.1 Å². The van der Waals surface area contributed by atoms with Crippen LogP contribution in [0, 0.1) is 0 Å². The molecule has 4 N–H and O–H groups in total. The number of hydrogen-bond donors (Lipinski definition) is 4. The van der Waals surface area contributed by atoms with Crippen LogP contribution in [0.5, 0.6) is 5.75 Å². The van der Waals surface area contributed by atoms with Crippen LogP contribution in [0.25, 0.3) is 0 Å². The first-order chi connectivity index (χ1) is 11.5. The number of thiophene rings is 1. The molecule has 0 bridgehead atoms. The molecule has 24 heavy (non-hydrogen) atoms. The highest BCUT2D eigenvalue weighted by Gasteiger charge is 2.30. The van der Waals surface area contributed by atoms with E-state index in [-0.39, 0.29) is 17.7 Å². The molecule has 1 saturated heterocycles. The second kappa shape index (κ2) is 7.31. The number of aromatic hydroxyl groups is 1. The molecule has 6 nitrogen and oxygen atoms in total. The molecule has 0 saturated carbocycles. The predicted molar refractivity (Wildman–Crippen MR) is 95.2 cm³/mol. The first-order valence-corrected chi connectivity index (χ1v) is 8.63. The van der Waals surface area contributed by atoms with Gasteiger partial charge in [0.15, 0.2) is 0 Å². The van der Waals surface area contributed by atoms with Gasteiger partial charge in [-0.2, -0.15) is 5.10 Å². The van der Waals surface area contributed by atoms with Gasteiger partial charge < -0.3 is 5.11 Å². The van der Waals surface area contributed by atoms with Gasteiger partial charge in [-0.25, -0.2) is 16.3 Å². The molecule has 0 aliphatic carbocycles. The van der Waals surface area contributed by atoms with Crippen molar-refractivity contribution >= 4 is 34.6 Å². The van der Waals surface area contributed by atoms with Crippen molar-refractivity contribution in [1.29, 1.82) is 0 Å². The SMILES string of the molecule is C/C(=N\NC(=O)C1CC(c2ccc(Cl)s2)NN1)c1ccccc1O. The zero-order valence-corrected chi connectivity index (χ0v) is 14.5. The molecule has 1 fully saturated rings. The van der Waals surface area contributed by atoms with Crippen LogP contribution in [0.15, 0.2) is 41.5 Å². The number of hydrazine groups is 1. The third-order valence-electron chi connectivity index (χ3n) is 3.78. The Morgan fingerprint density at radius 3 is 2.83 bits per heavy atom. The lowest BCUT2D eigenvalue weighted by Crippen LogP contribution is -2.41. The number of phenols is 1. The van der Waals surface area contributed by atoms with Crippen LogP contribution in [0.2, 0.25) is 4.34 Å². The van der Waals surface area contributed by atoms with Crippen molar-refractivity contribution in [2.45, 2.75) is 25.4 Å². The van der Waals surface area contributed by atoms with Crippen molar-refractivity contribution in [2.75, 3.05) is 0 Å². The molecule has 2 aromatic rings. The molecular formula is C16H17ClN4O2S. The molecule has 8 heteroatoms. The number of nitrogens with zero attached hydrogens (tertiary/aromatic N) is 1. The third-order valence-corrected chi connectivity index (χ3v) is 5.13. The fourth-order valence-electron chi connectivity index (χ4n) is 2.49. The predicted octanol–water partition coefficient (Wildman–Crippen LogP) is 2.56. The van der Waals surface area contributed by atoms with Crippen molar-refractivity contribution in [3.05, 3.63) is 51.2 Å². The van der Waals surface area contributed by atoms with Crippen LogP contribution < -0.4 is 16.3 Å². The van der Waals surface area contributed by atoms with Gasteiger partial charge in [0, 0.05) is 10.4 Å². The highest BCUT2D eigenvalue weighted by atomic mass is 35.5. The topological polar surface area (TPSA) is 85.8 Å². The van der Waals surface area contributed by atoms with Crippen molar-refractivity contribution < 1.29 is 9.90 Å². The first kappa shape index (κ1) is 16.9. The molecular weight excluding hydrogens is 348 g/mol. The Bertz CT molecular complexity index is 777. The molecule has 126 valence electrons. The van der Waals surface area contributed by atoms with Crippen molar-refractivity contribution in [2.24, 2.45) is 5.10 Å². The summed E-state index contributed by atoms with van der Waals surface area (Å²) >= 11 is 7.44. The highest BCUT2D eigenvalue weighted by molar-refractivity contribution is 7.16. The van der Waals surface area contributed by atoms with Crippen molar-refractivity contribution in [3.63, 3.8) is 0 Å².